The Bertz CT molecular complexity index is 293. The predicted octanol–water partition coefficient (Wildman–Crippen LogP) is 1.30. The number of rotatable bonds is 2. The lowest BCUT2D eigenvalue weighted by molar-refractivity contribution is 0.0605. The maximum absolute atomic E-state index is 11.1. The monoisotopic (exact) mass is 185 g/mol. The second kappa shape index (κ2) is 3.69. The molecule has 0 fully saturated rings. The summed E-state index contributed by atoms with van der Waals surface area (Å²) in [7, 11) is 1.37. The summed E-state index contributed by atoms with van der Waals surface area (Å²) in [6, 6.07) is 0. The molecule has 4 heteroatoms. The Hall–Kier alpha value is -0.870. The fourth-order valence-electron chi connectivity index (χ4n) is 0.986. The van der Waals surface area contributed by atoms with Gasteiger partial charge in [0.2, 0.25) is 0 Å². The number of ether oxygens (including phenoxy) is 1. The van der Waals surface area contributed by atoms with Crippen molar-refractivity contribution in [1.82, 2.24) is 0 Å². The van der Waals surface area contributed by atoms with E-state index in [1.54, 1.807) is 0 Å². The first kappa shape index (κ1) is 9.22. The van der Waals surface area contributed by atoms with E-state index in [0.29, 0.717) is 11.4 Å². The molecular formula is C8H11NO2S. The lowest BCUT2D eigenvalue weighted by Crippen LogP contribution is -2.06. The first-order valence-electron chi connectivity index (χ1n) is 3.56. The van der Waals surface area contributed by atoms with Crippen molar-refractivity contribution in [3.63, 3.8) is 0 Å². The SMILES string of the molecule is COC(=O)c1scc(C)c1CN. The molecule has 0 aliphatic carbocycles. The van der Waals surface area contributed by atoms with Gasteiger partial charge in [0, 0.05) is 6.54 Å². The Morgan fingerprint density at radius 1 is 1.75 bits per heavy atom. The van der Waals surface area contributed by atoms with E-state index >= 15 is 0 Å². The van der Waals surface area contributed by atoms with Crippen LogP contribution >= 0.6 is 11.3 Å². The topological polar surface area (TPSA) is 52.3 Å². The standard InChI is InChI=1S/C8H11NO2S/c1-5-4-12-7(6(5)3-9)8(10)11-2/h4H,3,9H2,1-2H3. The van der Waals surface area contributed by atoms with Crippen molar-refractivity contribution in [2.45, 2.75) is 13.5 Å². The largest absolute Gasteiger partial charge is 0.465 e. The first-order valence-corrected chi connectivity index (χ1v) is 4.44. The minimum Gasteiger partial charge on any atom is -0.465 e. The average Bonchev–Trinajstić information content (AvgIpc) is 2.45. The van der Waals surface area contributed by atoms with Crippen LogP contribution in [0, 0.1) is 6.92 Å². The zero-order chi connectivity index (χ0) is 9.14. The molecule has 0 aliphatic heterocycles. The van der Waals surface area contributed by atoms with Gasteiger partial charge >= 0.3 is 5.97 Å². The summed E-state index contributed by atoms with van der Waals surface area (Å²) in [5.74, 6) is -0.298. The maximum Gasteiger partial charge on any atom is 0.348 e. The lowest BCUT2D eigenvalue weighted by atomic mass is 10.2. The molecule has 66 valence electrons. The molecule has 0 radical (unpaired) electrons. The Morgan fingerprint density at radius 3 is 2.92 bits per heavy atom. The van der Waals surface area contributed by atoms with Crippen molar-refractivity contribution >= 4 is 17.3 Å². The van der Waals surface area contributed by atoms with E-state index < -0.39 is 0 Å². The number of carbonyl (C=O) groups is 1. The van der Waals surface area contributed by atoms with Gasteiger partial charge < -0.3 is 10.5 Å². The number of methoxy groups -OCH3 is 1. The number of carbonyl (C=O) groups excluding carboxylic acids is 1. The molecule has 2 N–H and O–H groups in total. The smallest absolute Gasteiger partial charge is 0.348 e. The van der Waals surface area contributed by atoms with E-state index in [-0.39, 0.29) is 5.97 Å². The normalized spacial score (nSPS) is 9.92. The third-order valence-corrected chi connectivity index (χ3v) is 2.80. The molecule has 1 rings (SSSR count). The van der Waals surface area contributed by atoms with Crippen LogP contribution < -0.4 is 5.73 Å². The third kappa shape index (κ3) is 1.49. The minimum absolute atomic E-state index is 0.298. The summed E-state index contributed by atoms with van der Waals surface area (Å²) in [4.78, 5) is 11.8. The molecule has 0 saturated heterocycles. The van der Waals surface area contributed by atoms with Gasteiger partial charge in [-0.1, -0.05) is 0 Å². The molecule has 12 heavy (non-hydrogen) atoms. The van der Waals surface area contributed by atoms with Crippen LogP contribution in [0.4, 0.5) is 0 Å². The summed E-state index contributed by atoms with van der Waals surface area (Å²) in [6.07, 6.45) is 0. The van der Waals surface area contributed by atoms with Crippen molar-refractivity contribution in [2.24, 2.45) is 5.73 Å². The number of hydrogen-bond acceptors (Lipinski definition) is 4. The first-order chi connectivity index (χ1) is 5.70. The predicted molar refractivity (Wildman–Crippen MR) is 48.3 cm³/mol. The molecule has 0 aliphatic rings. The van der Waals surface area contributed by atoms with Gasteiger partial charge in [-0.05, 0) is 23.4 Å². The number of hydrogen-bond donors (Lipinski definition) is 1. The Morgan fingerprint density at radius 2 is 2.42 bits per heavy atom. The zero-order valence-electron chi connectivity index (χ0n) is 7.09. The molecule has 0 bridgehead atoms. The molecule has 0 saturated carbocycles. The van der Waals surface area contributed by atoms with Crippen molar-refractivity contribution < 1.29 is 9.53 Å². The van der Waals surface area contributed by atoms with Gasteiger partial charge in [-0.3, -0.25) is 0 Å². The summed E-state index contributed by atoms with van der Waals surface area (Å²) in [5, 5.41) is 1.91. The average molecular weight is 185 g/mol. The second-order valence-corrected chi connectivity index (χ2v) is 3.30. The summed E-state index contributed by atoms with van der Waals surface area (Å²) in [6.45, 7) is 2.32. The van der Waals surface area contributed by atoms with Crippen molar-refractivity contribution in [1.29, 1.82) is 0 Å². The molecule has 0 amide bonds. The van der Waals surface area contributed by atoms with Crippen molar-refractivity contribution in [3.05, 3.63) is 21.4 Å². The summed E-state index contributed by atoms with van der Waals surface area (Å²) >= 11 is 1.38. The Labute approximate surface area is 75.1 Å². The van der Waals surface area contributed by atoms with Gasteiger partial charge in [0.05, 0.1) is 7.11 Å². The van der Waals surface area contributed by atoms with Gasteiger partial charge in [-0.25, -0.2) is 4.79 Å². The van der Waals surface area contributed by atoms with Crippen molar-refractivity contribution in [3.8, 4) is 0 Å². The van der Waals surface area contributed by atoms with Gasteiger partial charge in [-0.2, -0.15) is 0 Å². The molecule has 3 nitrogen and oxygen atoms in total. The lowest BCUT2D eigenvalue weighted by Gasteiger charge is -1.99. The van der Waals surface area contributed by atoms with E-state index in [2.05, 4.69) is 4.74 Å². The van der Waals surface area contributed by atoms with Crippen LogP contribution in [0.5, 0.6) is 0 Å². The van der Waals surface area contributed by atoms with Gasteiger partial charge in [-0.15, -0.1) is 11.3 Å². The maximum atomic E-state index is 11.1. The fourth-order valence-corrected chi connectivity index (χ4v) is 1.99. The zero-order valence-corrected chi connectivity index (χ0v) is 7.90. The van der Waals surface area contributed by atoms with E-state index in [1.807, 2.05) is 12.3 Å². The third-order valence-electron chi connectivity index (χ3n) is 1.68. The van der Waals surface area contributed by atoms with Gasteiger partial charge in [0.25, 0.3) is 0 Å². The molecule has 0 atom stereocenters. The van der Waals surface area contributed by atoms with Crippen LogP contribution in [-0.4, -0.2) is 13.1 Å². The molecule has 1 aromatic heterocycles. The molecule has 0 aromatic carbocycles. The molecule has 1 heterocycles. The van der Waals surface area contributed by atoms with E-state index in [9.17, 15) is 4.79 Å². The van der Waals surface area contributed by atoms with Gasteiger partial charge in [0.1, 0.15) is 4.88 Å². The highest BCUT2D eigenvalue weighted by Crippen LogP contribution is 2.21. The second-order valence-electron chi connectivity index (χ2n) is 2.42. The highest BCUT2D eigenvalue weighted by molar-refractivity contribution is 7.12. The van der Waals surface area contributed by atoms with Crippen LogP contribution in [0.15, 0.2) is 5.38 Å². The highest BCUT2D eigenvalue weighted by atomic mass is 32.1. The number of thiophene rings is 1. The number of aryl methyl sites for hydroxylation is 1. The van der Waals surface area contributed by atoms with E-state index in [0.717, 1.165) is 11.1 Å². The molecule has 0 unspecified atom stereocenters. The molecular weight excluding hydrogens is 174 g/mol. The molecule has 1 aromatic rings. The Balaban J connectivity index is 3.07. The number of nitrogens with two attached hydrogens (primary N) is 1. The van der Waals surface area contributed by atoms with Crippen LogP contribution in [0.2, 0.25) is 0 Å². The van der Waals surface area contributed by atoms with Gasteiger partial charge in [0.15, 0.2) is 0 Å². The Kier molecular flexibility index (Phi) is 2.83. The van der Waals surface area contributed by atoms with Crippen LogP contribution in [0.1, 0.15) is 20.8 Å². The quantitative estimate of drug-likeness (QED) is 0.706. The van der Waals surface area contributed by atoms with Crippen LogP contribution in [0.3, 0.4) is 0 Å². The summed E-state index contributed by atoms with van der Waals surface area (Å²) < 4.78 is 4.61. The van der Waals surface area contributed by atoms with Crippen LogP contribution in [0.25, 0.3) is 0 Å². The summed E-state index contributed by atoms with van der Waals surface area (Å²) in [5.41, 5.74) is 7.44. The fraction of sp³-hybridized carbons (Fsp3) is 0.375. The number of esters is 1. The highest BCUT2D eigenvalue weighted by Gasteiger charge is 2.14. The minimum atomic E-state index is -0.298. The van der Waals surface area contributed by atoms with Crippen molar-refractivity contribution in [2.75, 3.05) is 7.11 Å². The van der Waals surface area contributed by atoms with E-state index in [1.165, 1.54) is 18.4 Å². The van der Waals surface area contributed by atoms with E-state index in [4.69, 9.17) is 5.73 Å². The molecule has 0 spiro atoms. The van der Waals surface area contributed by atoms with Crippen LogP contribution in [-0.2, 0) is 11.3 Å².